The lowest BCUT2D eigenvalue weighted by Gasteiger charge is -2.13. The van der Waals surface area contributed by atoms with Crippen LogP contribution < -0.4 is 15.4 Å². The van der Waals surface area contributed by atoms with Crippen LogP contribution in [0.15, 0.2) is 52.0 Å². The Morgan fingerprint density at radius 3 is 2.39 bits per heavy atom. The van der Waals surface area contributed by atoms with Crippen molar-refractivity contribution in [3.63, 3.8) is 0 Å². The molecule has 0 saturated carbocycles. The maximum atomic E-state index is 12.2. The minimum absolute atomic E-state index is 0.0168. The summed E-state index contributed by atoms with van der Waals surface area (Å²) in [5, 5.41) is 4.17. The fourth-order valence-corrected chi connectivity index (χ4v) is 2.98. The molecular weight excluding hydrogens is 390 g/mol. The van der Waals surface area contributed by atoms with Crippen LogP contribution in [0, 0.1) is 0 Å². The number of urea groups is 1. The second kappa shape index (κ2) is 9.15. The summed E-state index contributed by atoms with van der Waals surface area (Å²) in [4.78, 5) is 34.8. The number of hydrogen-bond donors (Lipinski definition) is 3. The molecule has 150 valence electrons. The first kappa shape index (κ1) is 21.1. The van der Waals surface area contributed by atoms with E-state index in [0.717, 1.165) is 0 Å². The molecule has 0 aliphatic carbocycles. The quantitative estimate of drug-likeness (QED) is 0.573. The summed E-state index contributed by atoms with van der Waals surface area (Å²) in [5.74, 6) is -1.19. The summed E-state index contributed by atoms with van der Waals surface area (Å²) < 4.78 is 36.9. The molecule has 0 aliphatic heterocycles. The van der Waals surface area contributed by atoms with Crippen molar-refractivity contribution in [3.8, 4) is 0 Å². The van der Waals surface area contributed by atoms with E-state index in [1.165, 1.54) is 44.5 Å². The zero-order valence-corrected chi connectivity index (χ0v) is 15.9. The number of sulfonamides is 1. The largest absolute Gasteiger partial charge is 0.468 e. The van der Waals surface area contributed by atoms with E-state index in [-0.39, 0.29) is 17.0 Å². The van der Waals surface area contributed by atoms with Gasteiger partial charge in [0.05, 0.1) is 23.3 Å². The standard InChI is InChI=1S/C17H19N3O7S/c1-11(15(21)20-17(23)18-2)27-16(22)12-5-7-14(8-6-12)28(24,25)19-10-13-4-3-9-26-13/h3-9,11,19H,10H2,1-2H3,(H2,18,20,21,23)/t11-/m1/s1. The average Bonchev–Trinajstić information content (AvgIpc) is 3.20. The first-order valence-corrected chi connectivity index (χ1v) is 9.57. The summed E-state index contributed by atoms with van der Waals surface area (Å²) in [6, 6.07) is 7.51. The minimum atomic E-state index is -3.80. The first-order valence-electron chi connectivity index (χ1n) is 8.08. The Labute approximate surface area is 161 Å². The molecule has 10 nitrogen and oxygen atoms in total. The fourth-order valence-electron chi connectivity index (χ4n) is 1.99. The molecule has 2 aromatic rings. The van der Waals surface area contributed by atoms with Gasteiger partial charge in [0.2, 0.25) is 10.0 Å². The zero-order valence-electron chi connectivity index (χ0n) is 15.1. The normalized spacial score (nSPS) is 12.1. The van der Waals surface area contributed by atoms with Crippen LogP contribution in [0.4, 0.5) is 4.79 Å². The van der Waals surface area contributed by atoms with Gasteiger partial charge in [0.1, 0.15) is 5.76 Å². The van der Waals surface area contributed by atoms with Crippen LogP contribution in [-0.2, 0) is 26.1 Å². The lowest BCUT2D eigenvalue weighted by atomic mass is 10.2. The van der Waals surface area contributed by atoms with Crippen LogP contribution in [0.2, 0.25) is 0 Å². The first-order chi connectivity index (χ1) is 13.2. The molecule has 2 rings (SSSR count). The van der Waals surface area contributed by atoms with Crippen LogP contribution in [0.3, 0.4) is 0 Å². The number of ether oxygens (including phenoxy) is 1. The number of nitrogens with one attached hydrogen (secondary N) is 3. The molecule has 0 radical (unpaired) electrons. The van der Waals surface area contributed by atoms with E-state index in [1.807, 2.05) is 5.32 Å². The van der Waals surface area contributed by atoms with E-state index in [0.29, 0.717) is 5.76 Å². The highest BCUT2D eigenvalue weighted by molar-refractivity contribution is 7.89. The van der Waals surface area contributed by atoms with Gasteiger partial charge >= 0.3 is 12.0 Å². The Morgan fingerprint density at radius 1 is 1.14 bits per heavy atom. The molecule has 3 N–H and O–H groups in total. The molecule has 3 amide bonds. The Hall–Kier alpha value is -3.18. The van der Waals surface area contributed by atoms with E-state index < -0.39 is 34.0 Å². The van der Waals surface area contributed by atoms with Gasteiger partial charge in [0.25, 0.3) is 5.91 Å². The second-order valence-corrected chi connectivity index (χ2v) is 7.31. The molecule has 1 aromatic heterocycles. The van der Waals surface area contributed by atoms with Crippen molar-refractivity contribution in [3.05, 3.63) is 54.0 Å². The van der Waals surface area contributed by atoms with Crippen LogP contribution in [0.5, 0.6) is 0 Å². The van der Waals surface area contributed by atoms with E-state index in [2.05, 4.69) is 10.0 Å². The monoisotopic (exact) mass is 409 g/mol. The molecule has 1 atom stereocenters. The predicted octanol–water partition coefficient (Wildman–Crippen LogP) is 0.759. The minimum Gasteiger partial charge on any atom is -0.468 e. The molecule has 28 heavy (non-hydrogen) atoms. The zero-order chi connectivity index (χ0) is 20.7. The highest BCUT2D eigenvalue weighted by Crippen LogP contribution is 2.13. The highest BCUT2D eigenvalue weighted by atomic mass is 32.2. The number of carbonyl (C=O) groups excluding carboxylic acids is 3. The Kier molecular flexibility index (Phi) is 6.90. The topological polar surface area (TPSA) is 144 Å². The van der Waals surface area contributed by atoms with Gasteiger partial charge in [-0.1, -0.05) is 0 Å². The summed E-state index contributed by atoms with van der Waals surface area (Å²) in [6.07, 6.45) is 0.211. The van der Waals surface area contributed by atoms with Gasteiger partial charge in [-0.05, 0) is 43.3 Å². The highest BCUT2D eigenvalue weighted by Gasteiger charge is 2.21. The lowest BCUT2D eigenvalue weighted by Crippen LogP contribution is -2.43. The molecule has 0 fully saturated rings. The summed E-state index contributed by atoms with van der Waals surface area (Å²) in [6.45, 7) is 1.28. The van der Waals surface area contributed by atoms with Gasteiger partial charge in [-0.25, -0.2) is 22.7 Å². The summed E-state index contributed by atoms with van der Waals surface area (Å²) in [5.41, 5.74) is 0.0459. The van der Waals surface area contributed by atoms with Gasteiger partial charge in [-0.2, -0.15) is 0 Å². The Morgan fingerprint density at radius 2 is 1.82 bits per heavy atom. The molecule has 0 saturated heterocycles. The number of esters is 1. The van der Waals surface area contributed by atoms with Crippen molar-refractivity contribution < 1.29 is 32.0 Å². The molecule has 11 heteroatoms. The van der Waals surface area contributed by atoms with E-state index in [1.54, 1.807) is 12.1 Å². The van der Waals surface area contributed by atoms with Crippen molar-refractivity contribution in [2.75, 3.05) is 7.05 Å². The number of carbonyl (C=O) groups is 3. The van der Waals surface area contributed by atoms with Crippen LogP contribution in [0.1, 0.15) is 23.0 Å². The molecular formula is C17H19N3O7S. The van der Waals surface area contributed by atoms with Crippen LogP contribution in [0.25, 0.3) is 0 Å². The lowest BCUT2D eigenvalue weighted by molar-refractivity contribution is -0.127. The van der Waals surface area contributed by atoms with Gasteiger partial charge < -0.3 is 14.5 Å². The summed E-state index contributed by atoms with van der Waals surface area (Å²) >= 11 is 0. The molecule has 0 bridgehead atoms. The predicted molar refractivity (Wildman–Crippen MR) is 96.7 cm³/mol. The van der Waals surface area contributed by atoms with Crippen LogP contribution >= 0.6 is 0 Å². The van der Waals surface area contributed by atoms with Gasteiger partial charge in [0, 0.05) is 7.05 Å². The van der Waals surface area contributed by atoms with Gasteiger partial charge in [-0.3, -0.25) is 10.1 Å². The van der Waals surface area contributed by atoms with Gasteiger partial charge in [-0.15, -0.1) is 0 Å². The number of benzene rings is 1. The Bertz CT molecular complexity index is 938. The summed E-state index contributed by atoms with van der Waals surface area (Å²) in [7, 11) is -2.47. The smallest absolute Gasteiger partial charge is 0.338 e. The van der Waals surface area contributed by atoms with Crippen molar-refractivity contribution in [1.82, 2.24) is 15.4 Å². The van der Waals surface area contributed by atoms with E-state index in [9.17, 15) is 22.8 Å². The molecule has 1 aromatic carbocycles. The third-order valence-electron chi connectivity index (χ3n) is 3.53. The van der Waals surface area contributed by atoms with E-state index in [4.69, 9.17) is 9.15 Å². The molecule has 1 heterocycles. The number of furan rings is 1. The maximum absolute atomic E-state index is 12.2. The van der Waals surface area contributed by atoms with Crippen molar-refractivity contribution >= 4 is 27.9 Å². The van der Waals surface area contributed by atoms with Crippen molar-refractivity contribution in [2.45, 2.75) is 24.5 Å². The SMILES string of the molecule is CNC(=O)NC(=O)[C@@H](C)OC(=O)c1ccc(S(=O)(=O)NCc2ccco2)cc1. The van der Waals surface area contributed by atoms with Crippen LogP contribution in [-0.4, -0.2) is 39.5 Å². The number of amides is 3. The number of hydrogen-bond acceptors (Lipinski definition) is 7. The molecule has 0 aliphatic rings. The van der Waals surface area contributed by atoms with Gasteiger partial charge in [0.15, 0.2) is 6.10 Å². The number of rotatable bonds is 7. The molecule has 0 spiro atoms. The maximum Gasteiger partial charge on any atom is 0.338 e. The van der Waals surface area contributed by atoms with Crippen molar-refractivity contribution in [1.29, 1.82) is 0 Å². The second-order valence-electron chi connectivity index (χ2n) is 5.54. The fraction of sp³-hybridized carbons (Fsp3) is 0.235. The average molecular weight is 409 g/mol. The number of imide groups is 1. The Balaban J connectivity index is 1.98. The molecule has 0 unspecified atom stereocenters. The van der Waals surface area contributed by atoms with Crippen molar-refractivity contribution in [2.24, 2.45) is 0 Å². The third-order valence-corrected chi connectivity index (χ3v) is 4.95. The van der Waals surface area contributed by atoms with E-state index >= 15 is 0 Å². The third kappa shape index (κ3) is 5.66.